The molecule has 1 aromatic rings. The molecule has 1 N–H and O–H groups in total. The van der Waals surface area contributed by atoms with Crippen molar-refractivity contribution >= 4 is 6.03 Å². The second-order valence-corrected chi connectivity index (χ2v) is 5.91. The molecule has 0 radical (unpaired) electrons. The van der Waals surface area contributed by atoms with Crippen LogP contribution in [0, 0.1) is 0 Å². The lowest BCUT2D eigenvalue weighted by molar-refractivity contribution is 0.156. The highest BCUT2D eigenvalue weighted by atomic mass is 19.1. The molecule has 1 aromatic carbocycles. The number of benzene rings is 1. The fourth-order valence-electron chi connectivity index (χ4n) is 2.82. The largest absolute Gasteiger partial charge is 0.497 e. The smallest absolute Gasteiger partial charge is 0.317 e. The van der Waals surface area contributed by atoms with E-state index in [9.17, 15) is 9.18 Å². The molecule has 0 spiro atoms. The molecule has 0 saturated carbocycles. The minimum Gasteiger partial charge on any atom is -0.497 e. The zero-order valence-electron chi connectivity index (χ0n) is 15.4. The van der Waals surface area contributed by atoms with Gasteiger partial charge in [-0.3, -0.25) is 0 Å². The van der Waals surface area contributed by atoms with E-state index in [0.717, 1.165) is 11.3 Å². The first-order valence-corrected chi connectivity index (χ1v) is 8.64. The fourth-order valence-corrected chi connectivity index (χ4v) is 2.82. The summed E-state index contributed by atoms with van der Waals surface area (Å²) in [5, 5.41) is 2.92. The Hall–Kier alpha value is -2.76. The van der Waals surface area contributed by atoms with Gasteiger partial charge in [-0.05, 0) is 36.8 Å². The van der Waals surface area contributed by atoms with Gasteiger partial charge in [0.1, 0.15) is 11.6 Å². The topological polar surface area (TPSA) is 44.8 Å². The minimum absolute atomic E-state index is 0.117. The van der Waals surface area contributed by atoms with Crippen molar-refractivity contribution in [2.45, 2.75) is 13.5 Å². The number of halogens is 1. The molecule has 5 nitrogen and oxygen atoms in total. The van der Waals surface area contributed by atoms with Crippen LogP contribution in [0.3, 0.4) is 0 Å². The van der Waals surface area contributed by atoms with Crippen molar-refractivity contribution in [2.75, 3.05) is 33.3 Å². The number of carbonyl (C=O) groups excluding carboxylic acids is 1. The van der Waals surface area contributed by atoms with Crippen LogP contribution in [0.5, 0.6) is 5.75 Å². The number of piperazine rings is 1. The van der Waals surface area contributed by atoms with Gasteiger partial charge in [-0.15, -0.1) is 0 Å². The van der Waals surface area contributed by atoms with E-state index in [0.29, 0.717) is 38.4 Å². The first kappa shape index (κ1) is 19.6. The van der Waals surface area contributed by atoms with Crippen molar-refractivity contribution in [3.8, 4) is 5.75 Å². The number of rotatable bonds is 6. The Kier molecular flexibility index (Phi) is 7.26. The number of ether oxygens (including phenoxy) is 1. The fraction of sp³-hybridized carbons (Fsp3) is 0.350. The summed E-state index contributed by atoms with van der Waals surface area (Å²) in [6.45, 7) is 7.97. The van der Waals surface area contributed by atoms with Gasteiger partial charge in [0.2, 0.25) is 0 Å². The molecule has 2 amide bonds. The van der Waals surface area contributed by atoms with Crippen LogP contribution in [0.25, 0.3) is 0 Å². The third-order valence-corrected chi connectivity index (χ3v) is 4.26. The van der Waals surface area contributed by atoms with Crippen LogP contribution in [0.4, 0.5) is 9.18 Å². The number of nitrogens with zero attached hydrogens (tertiary/aromatic N) is 2. The first-order valence-electron chi connectivity index (χ1n) is 8.64. The van der Waals surface area contributed by atoms with E-state index in [1.54, 1.807) is 31.1 Å². The molecule has 0 unspecified atom stereocenters. The number of hydrogen-bond donors (Lipinski definition) is 1. The Morgan fingerprint density at radius 1 is 1.31 bits per heavy atom. The predicted octanol–water partition coefficient (Wildman–Crippen LogP) is 3.47. The van der Waals surface area contributed by atoms with Gasteiger partial charge in [0.25, 0.3) is 0 Å². The van der Waals surface area contributed by atoms with Gasteiger partial charge in [-0.25, -0.2) is 9.18 Å². The van der Waals surface area contributed by atoms with Gasteiger partial charge in [-0.1, -0.05) is 24.8 Å². The predicted molar refractivity (Wildman–Crippen MR) is 102 cm³/mol. The molecule has 0 aromatic heterocycles. The molecule has 0 aliphatic carbocycles. The molecular formula is C20H26FN3O2. The summed E-state index contributed by atoms with van der Waals surface area (Å²) in [5.74, 6) is 0.485. The standard InChI is InChI=1S/C20H26FN3O2/c1-4-7-19(18(21)5-2)23-10-12-24(13-11-23)20(25)22-15-16-8-6-9-17(14-16)26-3/h4-9,14H,1,10-13,15H2,2-3H3,(H,22,25)/b18-5+,19-7+. The molecule has 1 aliphatic heterocycles. The molecule has 1 heterocycles. The zero-order chi connectivity index (χ0) is 18.9. The van der Waals surface area contributed by atoms with Gasteiger partial charge in [0.15, 0.2) is 0 Å². The van der Waals surface area contributed by atoms with E-state index in [2.05, 4.69) is 11.9 Å². The summed E-state index contributed by atoms with van der Waals surface area (Å²) >= 11 is 0. The summed E-state index contributed by atoms with van der Waals surface area (Å²) in [6.07, 6.45) is 4.67. The Labute approximate surface area is 154 Å². The van der Waals surface area contributed by atoms with Crippen molar-refractivity contribution in [3.05, 3.63) is 66.2 Å². The van der Waals surface area contributed by atoms with Crippen molar-refractivity contribution < 1.29 is 13.9 Å². The maximum Gasteiger partial charge on any atom is 0.317 e. The van der Waals surface area contributed by atoms with Crippen LogP contribution in [-0.2, 0) is 6.54 Å². The highest BCUT2D eigenvalue weighted by molar-refractivity contribution is 5.74. The number of urea groups is 1. The van der Waals surface area contributed by atoms with Crippen molar-refractivity contribution in [1.82, 2.24) is 15.1 Å². The third-order valence-electron chi connectivity index (χ3n) is 4.26. The Morgan fingerprint density at radius 3 is 2.62 bits per heavy atom. The van der Waals surface area contributed by atoms with Crippen molar-refractivity contribution in [2.24, 2.45) is 0 Å². The highest BCUT2D eigenvalue weighted by Crippen LogP contribution is 2.19. The van der Waals surface area contributed by atoms with Gasteiger partial charge in [0, 0.05) is 32.7 Å². The summed E-state index contributed by atoms with van der Waals surface area (Å²) < 4.78 is 19.2. The quantitative estimate of drug-likeness (QED) is 0.791. The second kappa shape index (κ2) is 9.65. The third kappa shape index (κ3) is 5.12. The van der Waals surface area contributed by atoms with E-state index >= 15 is 0 Å². The molecule has 140 valence electrons. The lowest BCUT2D eigenvalue weighted by Crippen LogP contribution is -2.51. The molecular weight excluding hydrogens is 333 g/mol. The Bertz CT molecular complexity index is 692. The van der Waals surface area contributed by atoms with Gasteiger partial charge >= 0.3 is 6.03 Å². The molecule has 1 saturated heterocycles. The van der Waals surface area contributed by atoms with E-state index in [1.807, 2.05) is 29.2 Å². The first-order chi connectivity index (χ1) is 12.6. The molecule has 1 fully saturated rings. The van der Waals surface area contributed by atoms with Crippen LogP contribution in [-0.4, -0.2) is 49.1 Å². The number of allylic oxidation sites excluding steroid dienone is 4. The monoisotopic (exact) mass is 359 g/mol. The van der Waals surface area contributed by atoms with Crippen LogP contribution in [0.2, 0.25) is 0 Å². The Balaban J connectivity index is 1.87. The average molecular weight is 359 g/mol. The normalized spacial score (nSPS) is 15.7. The summed E-state index contributed by atoms with van der Waals surface area (Å²) in [6, 6.07) is 7.47. The van der Waals surface area contributed by atoms with Crippen LogP contribution >= 0.6 is 0 Å². The lowest BCUT2D eigenvalue weighted by Gasteiger charge is -2.36. The number of amides is 2. The minimum atomic E-state index is -0.277. The van der Waals surface area contributed by atoms with E-state index in [4.69, 9.17) is 4.74 Å². The molecule has 2 rings (SSSR count). The number of nitrogens with one attached hydrogen (secondary N) is 1. The van der Waals surface area contributed by atoms with Crippen LogP contribution < -0.4 is 10.1 Å². The molecule has 0 atom stereocenters. The molecule has 1 aliphatic rings. The van der Waals surface area contributed by atoms with Crippen molar-refractivity contribution in [3.63, 3.8) is 0 Å². The maximum atomic E-state index is 14.0. The number of methoxy groups -OCH3 is 1. The summed E-state index contributed by atoms with van der Waals surface area (Å²) in [5.41, 5.74) is 1.49. The zero-order valence-corrected chi connectivity index (χ0v) is 15.4. The second-order valence-electron chi connectivity index (χ2n) is 5.91. The maximum absolute atomic E-state index is 14.0. The molecule has 6 heteroatoms. The van der Waals surface area contributed by atoms with Crippen LogP contribution in [0.1, 0.15) is 12.5 Å². The van der Waals surface area contributed by atoms with Crippen LogP contribution in [0.15, 0.2) is 60.6 Å². The molecule has 26 heavy (non-hydrogen) atoms. The number of hydrogen-bond acceptors (Lipinski definition) is 3. The van der Waals surface area contributed by atoms with Gasteiger partial charge < -0.3 is 19.9 Å². The van der Waals surface area contributed by atoms with E-state index in [1.165, 1.54) is 6.08 Å². The Morgan fingerprint density at radius 2 is 2.00 bits per heavy atom. The number of carbonyl (C=O) groups is 1. The highest BCUT2D eigenvalue weighted by Gasteiger charge is 2.23. The summed E-state index contributed by atoms with van der Waals surface area (Å²) in [7, 11) is 1.61. The lowest BCUT2D eigenvalue weighted by atomic mass is 10.2. The molecule has 0 bridgehead atoms. The van der Waals surface area contributed by atoms with Gasteiger partial charge in [0.05, 0.1) is 12.8 Å². The van der Waals surface area contributed by atoms with E-state index in [-0.39, 0.29) is 11.9 Å². The SMILES string of the molecule is C=C/C=C(\C(F)=C/C)N1CCN(C(=O)NCc2cccc(OC)c2)CC1. The summed E-state index contributed by atoms with van der Waals surface area (Å²) in [4.78, 5) is 16.0. The van der Waals surface area contributed by atoms with E-state index < -0.39 is 0 Å². The van der Waals surface area contributed by atoms with Crippen molar-refractivity contribution in [1.29, 1.82) is 0 Å². The van der Waals surface area contributed by atoms with Gasteiger partial charge in [-0.2, -0.15) is 0 Å². The average Bonchev–Trinajstić information content (AvgIpc) is 2.70.